The number of carboxylic acid groups (broad SMARTS) is 1. The van der Waals surface area contributed by atoms with E-state index in [2.05, 4.69) is 48.1 Å². The molecule has 5 aliphatic rings. The first kappa shape index (κ1) is 28.0. The van der Waals surface area contributed by atoms with Gasteiger partial charge in [0.2, 0.25) is 0 Å². The predicted octanol–water partition coefficient (Wildman–Crippen LogP) is 8.22. The molecule has 5 aliphatic carbocycles. The Kier molecular flexibility index (Phi) is 6.60. The number of carboxylic acids is 1. The van der Waals surface area contributed by atoms with Gasteiger partial charge in [-0.05, 0) is 124 Å². The van der Waals surface area contributed by atoms with Crippen molar-refractivity contribution in [2.75, 3.05) is 0 Å². The van der Waals surface area contributed by atoms with Crippen molar-refractivity contribution in [3.05, 3.63) is 24.3 Å². The SMILES string of the molecule is C=C(C)[C@@H]1CC[C@]2(C(=O)O)CC[C@]3(C)[C@H](CC[C@@H]4[C@@]5(C)CC[C@H](OC(=O)C=CC)C(C)(C)[C@@H]5CC[C@]43C)[C@@H]12. The molecule has 1 N–H and O–H groups in total. The van der Waals surface area contributed by atoms with Crippen molar-refractivity contribution in [2.45, 2.75) is 119 Å². The minimum Gasteiger partial charge on any atom is -0.481 e. The van der Waals surface area contributed by atoms with Crippen LogP contribution in [0.25, 0.3) is 0 Å². The number of hydrogen-bond acceptors (Lipinski definition) is 3. The van der Waals surface area contributed by atoms with Gasteiger partial charge in [-0.25, -0.2) is 4.79 Å². The molecular weight excluding hydrogens is 472 g/mol. The average molecular weight is 525 g/mol. The van der Waals surface area contributed by atoms with Crippen LogP contribution >= 0.6 is 0 Å². The van der Waals surface area contributed by atoms with E-state index in [-0.39, 0.29) is 39.7 Å². The van der Waals surface area contributed by atoms with Crippen molar-refractivity contribution >= 4 is 11.9 Å². The van der Waals surface area contributed by atoms with Crippen LogP contribution in [0.15, 0.2) is 24.3 Å². The van der Waals surface area contributed by atoms with E-state index in [1.165, 1.54) is 18.4 Å². The molecule has 5 saturated carbocycles. The molecule has 0 aromatic carbocycles. The van der Waals surface area contributed by atoms with E-state index in [1.807, 2.05) is 6.92 Å². The maximum absolute atomic E-state index is 12.9. The number of aliphatic carboxylic acids is 1. The topological polar surface area (TPSA) is 63.6 Å². The van der Waals surface area contributed by atoms with Gasteiger partial charge in [-0.3, -0.25) is 4.79 Å². The second-order valence-corrected chi connectivity index (χ2v) is 15.4. The number of ether oxygens (including phenoxy) is 1. The molecule has 38 heavy (non-hydrogen) atoms. The second kappa shape index (κ2) is 8.96. The molecule has 0 saturated heterocycles. The van der Waals surface area contributed by atoms with Crippen molar-refractivity contribution in [1.29, 1.82) is 0 Å². The van der Waals surface area contributed by atoms with Gasteiger partial charge in [0, 0.05) is 11.5 Å². The molecule has 4 heteroatoms. The van der Waals surface area contributed by atoms with Crippen molar-refractivity contribution < 1.29 is 19.4 Å². The third-order valence-electron chi connectivity index (χ3n) is 14.0. The van der Waals surface area contributed by atoms with Gasteiger partial charge in [0.05, 0.1) is 5.41 Å². The summed E-state index contributed by atoms with van der Waals surface area (Å²) in [4.78, 5) is 25.3. The van der Waals surface area contributed by atoms with Gasteiger partial charge in [0.25, 0.3) is 0 Å². The van der Waals surface area contributed by atoms with Crippen LogP contribution in [0.5, 0.6) is 0 Å². The summed E-state index contributed by atoms with van der Waals surface area (Å²) < 4.78 is 6.03. The number of fused-ring (bicyclic) bond motifs is 7. The number of hydrogen-bond donors (Lipinski definition) is 1. The predicted molar refractivity (Wildman–Crippen MR) is 151 cm³/mol. The molecule has 5 fully saturated rings. The first-order valence-corrected chi connectivity index (χ1v) is 15.4. The highest BCUT2D eigenvalue weighted by Gasteiger charge is 2.72. The number of allylic oxidation sites excluding steroid dienone is 2. The van der Waals surface area contributed by atoms with Gasteiger partial charge >= 0.3 is 11.9 Å². The lowest BCUT2D eigenvalue weighted by Crippen LogP contribution is -2.67. The highest BCUT2D eigenvalue weighted by Crippen LogP contribution is 2.77. The molecule has 212 valence electrons. The Bertz CT molecular complexity index is 1040. The highest BCUT2D eigenvalue weighted by atomic mass is 16.5. The fraction of sp³-hybridized carbons (Fsp3) is 0.824. The molecule has 0 amide bonds. The summed E-state index contributed by atoms with van der Waals surface area (Å²) >= 11 is 0. The minimum atomic E-state index is -0.561. The summed E-state index contributed by atoms with van der Waals surface area (Å²) in [6, 6.07) is 0. The van der Waals surface area contributed by atoms with Crippen molar-refractivity contribution in [2.24, 2.45) is 56.7 Å². The monoisotopic (exact) mass is 524 g/mol. The lowest BCUT2D eigenvalue weighted by Gasteiger charge is -2.72. The number of carbonyl (C=O) groups is 2. The van der Waals surface area contributed by atoms with Crippen LogP contribution in [0, 0.1) is 56.7 Å². The lowest BCUT2D eigenvalue weighted by molar-refractivity contribution is -0.250. The van der Waals surface area contributed by atoms with Gasteiger partial charge in [-0.2, -0.15) is 0 Å². The van der Waals surface area contributed by atoms with Crippen LogP contribution in [0.2, 0.25) is 0 Å². The summed E-state index contributed by atoms with van der Waals surface area (Å²) in [5.74, 6) is 1.37. The molecular formula is C34H52O4. The van der Waals surface area contributed by atoms with E-state index in [1.54, 1.807) is 12.2 Å². The second-order valence-electron chi connectivity index (χ2n) is 15.4. The molecule has 0 aliphatic heterocycles. The summed E-state index contributed by atoms with van der Waals surface area (Å²) in [5, 5.41) is 10.6. The molecule has 10 atom stereocenters. The van der Waals surface area contributed by atoms with Crippen LogP contribution in [0.3, 0.4) is 0 Å². The number of rotatable bonds is 4. The zero-order valence-corrected chi connectivity index (χ0v) is 25.1. The first-order valence-electron chi connectivity index (χ1n) is 15.4. The summed E-state index contributed by atoms with van der Waals surface area (Å²) in [6.45, 7) is 20.8. The summed E-state index contributed by atoms with van der Waals surface area (Å²) in [7, 11) is 0. The van der Waals surface area contributed by atoms with Gasteiger partial charge in [0.15, 0.2) is 0 Å². The molecule has 4 nitrogen and oxygen atoms in total. The van der Waals surface area contributed by atoms with E-state index < -0.39 is 11.4 Å². The summed E-state index contributed by atoms with van der Waals surface area (Å²) in [6.07, 6.45) is 13.6. The number of esters is 1. The van der Waals surface area contributed by atoms with Gasteiger partial charge in [0.1, 0.15) is 6.10 Å². The molecule has 0 aromatic rings. The molecule has 0 spiro atoms. The largest absolute Gasteiger partial charge is 0.481 e. The fourth-order valence-electron chi connectivity index (χ4n) is 12.0. The number of carbonyl (C=O) groups excluding carboxylic acids is 1. The van der Waals surface area contributed by atoms with E-state index >= 15 is 0 Å². The average Bonchev–Trinajstić information content (AvgIpc) is 3.23. The molecule has 0 aromatic heterocycles. The van der Waals surface area contributed by atoms with Gasteiger partial charge in [-0.1, -0.05) is 52.8 Å². The third kappa shape index (κ3) is 3.53. The van der Waals surface area contributed by atoms with E-state index in [4.69, 9.17) is 4.74 Å². The molecule has 0 radical (unpaired) electrons. The Morgan fingerprint density at radius 2 is 1.58 bits per heavy atom. The maximum Gasteiger partial charge on any atom is 0.330 e. The molecule has 0 heterocycles. The normalized spacial score (nSPS) is 49.3. The van der Waals surface area contributed by atoms with Crippen LogP contribution in [0.1, 0.15) is 113 Å². The Balaban J connectivity index is 1.49. The smallest absolute Gasteiger partial charge is 0.330 e. The molecule has 0 unspecified atom stereocenters. The van der Waals surface area contributed by atoms with Crippen molar-refractivity contribution in [3.8, 4) is 0 Å². The van der Waals surface area contributed by atoms with Crippen LogP contribution in [-0.2, 0) is 14.3 Å². The molecule has 5 rings (SSSR count). The van der Waals surface area contributed by atoms with Crippen molar-refractivity contribution in [1.82, 2.24) is 0 Å². The highest BCUT2D eigenvalue weighted by molar-refractivity contribution is 5.82. The first-order chi connectivity index (χ1) is 17.7. The zero-order chi connectivity index (χ0) is 27.9. The zero-order valence-electron chi connectivity index (χ0n) is 25.1. The lowest BCUT2D eigenvalue weighted by atomic mass is 9.32. The summed E-state index contributed by atoms with van der Waals surface area (Å²) in [5.41, 5.74) is 1.11. The van der Waals surface area contributed by atoms with Gasteiger partial charge < -0.3 is 9.84 Å². The third-order valence-corrected chi connectivity index (χ3v) is 14.0. The van der Waals surface area contributed by atoms with E-state index in [0.29, 0.717) is 23.7 Å². The Labute approximate surface area is 231 Å². The van der Waals surface area contributed by atoms with Gasteiger partial charge in [-0.15, -0.1) is 0 Å². The quantitative estimate of drug-likeness (QED) is 0.229. The maximum atomic E-state index is 12.9. The molecule has 0 bridgehead atoms. The van der Waals surface area contributed by atoms with E-state index in [9.17, 15) is 14.7 Å². The van der Waals surface area contributed by atoms with Crippen molar-refractivity contribution in [3.63, 3.8) is 0 Å². The van der Waals surface area contributed by atoms with Crippen LogP contribution in [0.4, 0.5) is 0 Å². The Morgan fingerprint density at radius 3 is 2.21 bits per heavy atom. The Morgan fingerprint density at radius 1 is 0.868 bits per heavy atom. The fourth-order valence-corrected chi connectivity index (χ4v) is 12.0. The minimum absolute atomic E-state index is 0.0405. The van der Waals surface area contributed by atoms with Crippen LogP contribution < -0.4 is 0 Å². The van der Waals surface area contributed by atoms with Crippen LogP contribution in [-0.4, -0.2) is 23.1 Å². The standard InChI is InChI=1S/C34H52O4/c1-9-10-27(35)38-26-15-16-31(6)24(30(26,4)5)14-17-33(8)25(31)12-11-23-28-22(21(2)3)13-18-34(28,29(36)37)20-19-32(23,33)7/h9-10,22-26,28H,2,11-20H2,1,3-8H3,(H,36,37)/t22-,23+,24-,25+,26-,28+,31-,32+,33+,34-/m0/s1. The Hall–Kier alpha value is -1.58. The van der Waals surface area contributed by atoms with E-state index in [0.717, 1.165) is 51.4 Å².